The number of nitrogens with zero attached hydrogens (tertiary/aromatic N) is 1. The molecule has 1 fully saturated rings. The molecule has 0 radical (unpaired) electrons. The molecular formula is C13H24N2O3. The first-order valence-corrected chi connectivity index (χ1v) is 6.35. The van der Waals surface area contributed by atoms with Crippen LogP contribution in [0.2, 0.25) is 0 Å². The summed E-state index contributed by atoms with van der Waals surface area (Å²) in [7, 11) is 3.97. The van der Waals surface area contributed by atoms with E-state index in [4.69, 9.17) is 5.11 Å². The lowest BCUT2D eigenvalue weighted by Crippen LogP contribution is -2.36. The van der Waals surface area contributed by atoms with Crippen molar-refractivity contribution in [2.24, 2.45) is 17.3 Å². The Kier molecular flexibility index (Phi) is 4.37. The zero-order valence-corrected chi connectivity index (χ0v) is 11.9. The molecule has 0 aromatic carbocycles. The number of nitrogens with one attached hydrogen (secondary N) is 1. The fourth-order valence-corrected chi connectivity index (χ4v) is 2.44. The van der Waals surface area contributed by atoms with Crippen molar-refractivity contribution in [2.45, 2.75) is 33.2 Å². The second-order valence-corrected chi connectivity index (χ2v) is 6.12. The van der Waals surface area contributed by atoms with Gasteiger partial charge in [0.1, 0.15) is 0 Å². The van der Waals surface area contributed by atoms with Crippen LogP contribution in [0.25, 0.3) is 0 Å². The summed E-state index contributed by atoms with van der Waals surface area (Å²) in [6.07, 6.45) is 0.865. The molecule has 0 bridgehead atoms. The van der Waals surface area contributed by atoms with E-state index >= 15 is 0 Å². The molecule has 1 amide bonds. The topological polar surface area (TPSA) is 69.6 Å². The van der Waals surface area contributed by atoms with Crippen LogP contribution in [0, 0.1) is 17.3 Å². The van der Waals surface area contributed by atoms with Gasteiger partial charge < -0.3 is 15.3 Å². The first-order valence-electron chi connectivity index (χ1n) is 6.35. The van der Waals surface area contributed by atoms with E-state index in [9.17, 15) is 9.59 Å². The molecule has 3 unspecified atom stereocenters. The quantitative estimate of drug-likeness (QED) is 0.737. The van der Waals surface area contributed by atoms with Crippen LogP contribution in [0.15, 0.2) is 0 Å². The van der Waals surface area contributed by atoms with Gasteiger partial charge >= 0.3 is 5.97 Å². The number of aliphatic carboxylic acids is 1. The SMILES string of the molecule is CC(CCN(C)C)NC(=O)C1C(C(=O)O)C1(C)C. The van der Waals surface area contributed by atoms with E-state index in [1.165, 1.54) is 0 Å². The van der Waals surface area contributed by atoms with Gasteiger partial charge in [0.05, 0.1) is 11.8 Å². The smallest absolute Gasteiger partial charge is 0.307 e. The van der Waals surface area contributed by atoms with Gasteiger partial charge in [-0.3, -0.25) is 9.59 Å². The summed E-state index contributed by atoms with van der Waals surface area (Å²) in [5.74, 6) is -1.94. The predicted molar refractivity (Wildman–Crippen MR) is 69.2 cm³/mol. The van der Waals surface area contributed by atoms with E-state index in [0.717, 1.165) is 13.0 Å². The summed E-state index contributed by atoms with van der Waals surface area (Å²) in [6.45, 7) is 6.52. The summed E-state index contributed by atoms with van der Waals surface area (Å²) >= 11 is 0. The highest BCUT2D eigenvalue weighted by atomic mass is 16.4. The molecule has 0 saturated heterocycles. The molecule has 5 heteroatoms. The molecule has 18 heavy (non-hydrogen) atoms. The van der Waals surface area contributed by atoms with E-state index in [2.05, 4.69) is 10.2 Å². The minimum absolute atomic E-state index is 0.0748. The van der Waals surface area contributed by atoms with Crippen LogP contribution < -0.4 is 5.32 Å². The van der Waals surface area contributed by atoms with Gasteiger partial charge in [-0.15, -0.1) is 0 Å². The molecule has 5 nitrogen and oxygen atoms in total. The summed E-state index contributed by atoms with van der Waals surface area (Å²) in [4.78, 5) is 25.1. The Morgan fingerprint density at radius 1 is 1.33 bits per heavy atom. The molecular weight excluding hydrogens is 232 g/mol. The Morgan fingerprint density at radius 3 is 2.28 bits per heavy atom. The van der Waals surface area contributed by atoms with E-state index < -0.39 is 23.2 Å². The standard InChI is InChI=1S/C13H24N2O3/c1-8(6-7-15(4)5)14-11(16)9-10(12(17)18)13(9,2)3/h8-10H,6-7H2,1-5H3,(H,14,16)(H,17,18). The number of rotatable bonds is 6. The third kappa shape index (κ3) is 3.22. The minimum Gasteiger partial charge on any atom is -0.481 e. The third-order valence-electron chi connectivity index (χ3n) is 3.77. The Morgan fingerprint density at radius 2 is 1.89 bits per heavy atom. The maximum Gasteiger partial charge on any atom is 0.307 e. The number of hydrogen-bond acceptors (Lipinski definition) is 3. The van der Waals surface area contributed by atoms with Crippen molar-refractivity contribution in [2.75, 3.05) is 20.6 Å². The monoisotopic (exact) mass is 256 g/mol. The highest BCUT2D eigenvalue weighted by Gasteiger charge is 2.65. The Labute approximate surface area is 109 Å². The van der Waals surface area contributed by atoms with Crippen molar-refractivity contribution in [1.82, 2.24) is 10.2 Å². The van der Waals surface area contributed by atoms with E-state index in [1.807, 2.05) is 34.9 Å². The first kappa shape index (κ1) is 15.0. The van der Waals surface area contributed by atoms with Gasteiger partial charge in [0.2, 0.25) is 5.91 Å². The van der Waals surface area contributed by atoms with Crippen LogP contribution in [0.5, 0.6) is 0 Å². The van der Waals surface area contributed by atoms with Crippen LogP contribution in [0.4, 0.5) is 0 Å². The van der Waals surface area contributed by atoms with Gasteiger partial charge in [-0.25, -0.2) is 0 Å². The lowest BCUT2D eigenvalue weighted by molar-refractivity contribution is -0.140. The molecule has 1 saturated carbocycles. The molecule has 0 aromatic rings. The summed E-state index contributed by atoms with van der Waals surface area (Å²) in [6, 6.07) is 0.0748. The molecule has 0 spiro atoms. The van der Waals surface area contributed by atoms with Gasteiger partial charge in [0, 0.05) is 6.04 Å². The fourth-order valence-electron chi connectivity index (χ4n) is 2.44. The maximum absolute atomic E-state index is 12.0. The van der Waals surface area contributed by atoms with Crippen LogP contribution in [0.1, 0.15) is 27.2 Å². The van der Waals surface area contributed by atoms with Crippen LogP contribution >= 0.6 is 0 Å². The molecule has 1 aliphatic rings. The number of amides is 1. The Bertz CT molecular complexity index is 339. The van der Waals surface area contributed by atoms with Crippen LogP contribution in [-0.4, -0.2) is 48.6 Å². The number of carbonyl (C=O) groups is 2. The zero-order chi connectivity index (χ0) is 14.1. The van der Waals surface area contributed by atoms with Crippen molar-refractivity contribution in [3.05, 3.63) is 0 Å². The van der Waals surface area contributed by atoms with Gasteiger partial charge in [-0.05, 0) is 39.4 Å². The fraction of sp³-hybridized carbons (Fsp3) is 0.846. The Hall–Kier alpha value is -1.10. The van der Waals surface area contributed by atoms with Gasteiger partial charge in [0.25, 0.3) is 0 Å². The first-order chi connectivity index (χ1) is 8.17. The minimum atomic E-state index is -0.874. The normalized spacial score (nSPS) is 26.8. The number of carboxylic acid groups (broad SMARTS) is 1. The third-order valence-corrected chi connectivity index (χ3v) is 3.77. The van der Waals surface area contributed by atoms with Crippen molar-refractivity contribution >= 4 is 11.9 Å². The average molecular weight is 256 g/mol. The molecule has 1 aliphatic carbocycles. The zero-order valence-electron chi connectivity index (χ0n) is 11.9. The summed E-state index contributed by atoms with van der Waals surface area (Å²) in [5.41, 5.74) is -0.419. The van der Waals surface area contributed by atoms with E-state index in [-0.39, 0.29) is 11.9 Å². The predicted octanol–water partition coefficient (Wildman–Crippen LogP) is 0.800. The highest BCUT2D eigenvalue weighted by molar-refractivity contribution is 5.91. The van der Waals surface area contributed by atoms with Crippen molar-refractivity contribution in [1.29, 1.82) is 0 Å². The molecule has 104 valence electrons. The lowest BCUT2D eigenvalue weighted by atomic mass is 10.1. The second kappa shape index (κ2) is 5.26. The van der Waals surface area contributed by atoms with Crippen molar-refractivity contribution < 1.29 is 14.7 Å². The average Bonchev–Trinajstić information content (AvgIpc) is 2.78. The molecule has 3 atom stereocenters. The molecule has 0 aromatic heterocycles. The molecule has 1 rings (SSSR count). The summed E-state index contributed by atoms with van der Waals surface area (Å²) < 4.78 is 0. The maximum atomic E-state index is 12.0. The second-order valence-electron chi connectivity index (χ2n) is 6.12. The van der Waals surface area contributed by atoms with Gasteiger partial charge in [-0.1, -0.05) is 13.8 Å². The van der Waals surface area contributed by atoms with Crippen molar-refractivity contribution in [3.8, 4) is 0 Å². The van der Waals surface area contributed by atoms with E-state index in [0.29, 0.717) is 0 Å². The summed E-state index contributed by atoms with van der Waals surface area (Å²) in [5, 5.41) is 11.9. The largest absolute Gasteiger partial charge is 0.481 e. The number of hydrogen-bond donors (Lipinski definition) is 2. The number of carboxylic acids is 1. The van der Waals surface area contributed by atoms with Gasteiger partial charge in [-0.2, -0.15) is 0 Å². The van der Waals surface area contributed by atoms with E-state index in [1.54, 1.807) is 0 Å². The highest BCUT2D eigenvalue weighted by Crippen LogP contribution is 2.58. The molecule has 2 N–H and O–H groups in total. The molecule has 0 heterocycles. The van der Waals surface area contributed by atoms with Gasteiger partial charge in [0.15, 0.2) is 0 Å². The Balaban J connectivity index is 2.45. The van der Waals surface area contributed by atoms with Crippen LogP contribution in [-0.2, 0) is 9.59 Å². The number of carbonyl (C=O) groups excluding carboxylic acids is 1. The lowest BCUT2D eigenvalue weighted by Gasteiger charge is -2.17. The van der Waals surface area contributed by atoms with Crippen LogP contribution in [0.3, 0.4) is 0 Å². The van der Waals surface area contributed by atoms with Crippen molar-refractivity contribution in [3.63, 3.8) is 0 Å². The molecule has 0 aliphatic heterocycles.